The third-order valence-electron chi connectivity index (χ3n) is 3.64. The molecular formula is C12H21NO3. The Morgan fingerprint density at radius 2 is 1.81 bits per heavy atom. The molecular weight excluding hydrogens is 206 g/mol. The lowest BCUT2D eigenvalue weighted by molar-refractivity contribution is -0.144. The van der Waals surface area contributed by atoms with Crippen molar-refractivity contribution >= 4 is 11.9 Å². The van der Waals surface area contributed by atoms with Gasteiger partial charge < -0.3 is 10.0 Å². The highest BCUT2D eigenvalue weighted by Crippen LogP contribution is 2.53. The van der Waals surface area contributed by atoms with Gasteiger partial charge in [0.25, 0.3) is 0 Å². The quantitative estimate of drug-likeness (QED) is 0.776. The molecule has 0 saturated heterocycles. The molecule has 0 aromatic carbocycles. The van der Waals surface area contributed by atoms with E-state index in [0.29, 0.717) is 12.5 Å². The van der Waals surface area contributed by atoms with Gasteiger partial charge in [0.15, 0.2) is 0 Å². The standard InChI is InChI=1S/C12H21NO3/c1-8(2)12(5-6-12)11(16)13(4)7-9(3)10(14)15/h8-9H,5-7H2,1-4H3,(H,14,15). The van der Waals surface area contributed by atoms with Crippen molar-refractivity contribution in [3.63, 3.8) is 0 Å². The molecule has 1 unspecified atom stereocenters. The summed E-state index contributed by atoms with van der Waals surface area (Å²) in [6, 6.07) is 0. The Hall–Kier alpha value is -1.06. The number of hydrogen-bond acceptors (Lipinski definition) is 2. The maximum Gasteiger partial charge on any atom is 0.308 e. The van der Waals surface area contributed by atoms with Gasteiger partial charge in [0.05, 0.1) is 11.3 Å². The second-order valence-corrected chi connectivity index (χ2v) is 5.24. The van der Waals surface area contributed by atoms with E-state index in [0.717, 1.165) is 12.8 Å². The molecule has 92 valence electrons. The molecule has 1 fully saturated rings. The van der Waals surface area contributed by atoms with E-state index in [-0.39, 0.29) is 11.3 Å². The summed E-state index contributed by atoms with van der Waals surface area (Å²) in [5.74, 6) is -0.913. The Morgan fingerprint density at radius 3 is 2.12 bits per heavy atom. The van der Waals surface area contributed by atoms with Gasteiger partial charge in [-0.2, -0.15) is 0 Å². The fourth-order valence-electron chi connectivity index (χ4n) is 2.12. The van der Waals surface area contributed by atoms with Crippen molar-refractivity contribution in [1.82, 2.24) is 4.90 Å². The second-order valence-electron chi connectivity index (χ2n) is 5.24. The molecule has 1 saturated carbocycles. The van der Waals surface area contributed by atoms with Crippen LogP contribution in [-0.4, -0.2) is 35.5 Å². The first-order chi connectivity index (χ1) is 7.31. The van der Waals surface area contributed by atoms with Crippen LogP contribution < -0.4 is 0 Å². The number of carbonyl (C=O) groups excluding carboxylic acids is 1. The lowest BCUT2D eigenvalue weighted by Gasteiger charge is -2.27. The van der Waals surface area contributed by atoms with E-state index in [1.54, 1.807) is 18.9 Å². The van der Waals surface area contributed by atoms with E-state index in [2.05, 4.69) is 13.8 Å². The lowest BCUT2D eigenvalue weighted by Crippen LogP contribution is -2.40. The zero-order valence-corrected chi connectivity index (χ0v) is 10.5. The van der Waals surface area contributed by atoms with Crippen molar-refractivity contribution in [3.05, 3.63) is 0 Å². The summed E-state index contributed by atoms with van der Waals surface area (Å²) in [7, 11) is 1.70. The van der Waals surface area contributed by atoms with Gasteiger partial charge in [-0.05, 0) is 18.8 Å². The van der Waals surface area contributed by atoms with Crippen LogP contribution >= 0.6 is 0 Å². The third kappa shape index (κ3) is 2.36. The predicted molar refractivity (Wildman–Crippen MR) is 60.9 cm³/mol. The molecule has 16 heavy (non-hydrogen) atoms. The molecule has 0 heterocycles. The van der Waals surface area contributed by atoms with Crippen LogP contribution in [0, 0.1) is 17.3 Å². The monoisotopic (exact) mass is 227 g/mol. The van der Waals surface area contributed by atoms with Crippen molar-refractivity contribution in [2.24, 2.45) is 17.3 Å². The van der Waals surface area contributed by atoms with Gasteiger partial charge in [0.2, 0.25) is 5.91 Å². The number of carboxylic acids is 1. The molecule has 1 N–H and O–H groups in total. The summed E-state index contributed by atoms with van der Waals surface area (Å²) in [6.07, 6.45) is 1.88. The summed E-state index contributed by atoms with van der Waals surface area (Å²) in [4.78, 5) is 24.5. The van der Waals surface area contributed by atoms with Crippen LogP contribution in [0.1, 0.15) is 33.6 Å². The van der Waals surface area contributed by atoms with Crippen molar-refractivity contribution in [3.8, 4) is 0 Å². The Bertz CT molecular complexity index is 295. The normalized spacial score (nSPS) is 19.3. The molecule has 1 aliphatic rings. The molecule has 1 amide bonds. The number of nitrogens with zero attached hydrogens (tertiary/aromatic N) is 1. The number of carbonyl (C=O) groups is 2. The van der Waals surface area contributed by atoms with Crippen LogP contribution in [0.4, 0.5) is 0 Å². The van der Waals surface area contributed by atoms with Crippen LogP contribution in [0.15, 0.2) is 0 Å². The Morgan fingerprint density at radius 1 is 1.31 bits per heavy atom. The van der Waals surface area contributed by atoms with Crippen molar-refractivity contribution in [2.45, 2.75) is 33.6 Å². The summed E-state index contributed by atoms with van der Waals surface area (Å²) in [6.45, 7) is 6.03. The van der Waals surface area contributed by atoms with Crippen LogP contribution in [0.25, 0.3) is 0 Å². The number of carboxylic acid groups (broad SMARTS) is 1. The molecule has 1 atom stereocenters. The van der Waals surface area contributed by atoms with E-state index >= 15 is 0 Å². The molecule has 4 heteroatoms. The Labute approximate surface area is 96.6 Å². The number of rotatable bonds is 5. The average Bonchev–Trinajstić information content (AvgIpc) is 2.96. The van der Waals surface area contributed by atoms with Crippen molar-refractivity contribution in [2.75, 3.05) is 13.6 Å². The van der Waals surface area contributed by atoms with Crippen molar-refractivity contribution in [1.29, 1.82) is 0 Å². The summed E-state index contributed by atoms with van der Waals surface area (Å²) >= 11 is 0. The fraction of sp³-hybridized carbons (Fsp3) is 0.833. The largest absolute Gasteiger partial charge is 0.481 e. The highest BCUT2D eigenvalue weighted by atomic mass is 16.4. The minimum atomic E-state index is -0.853. The van der Waals surface area contributed by atoms with E-state index in [1.807, 2.05) is 0 Å². The lowest BCUT2D eigenvalue weighted by atomic mass is 9.91. The fourth-order valence-corrected chi connectivity index (χ4v) is 2.12. The SMILES string of the molecule is CC(CN(C)C(=O)C1(C(C)C)CC1)C(=O)O. The van der Waals surface area contributed by atoms with E-state index in [4.69, 9.17) is 5.11 Å². The maximum absolute atomic E-state index is 12.2. The average molecular weight is 227 g/mol. The zero-order chi connectivity index (χ0) is 12.5. The maximum atomic E-state index is 12.2. The second kappa shape index (κ2) is 4.44. The summed E-state index contributed by atoms with van der Waals surface area (Å²) in [5, 5.41) is 8.80. The van der Waals surface area contributed by atoms with Crippen LogP contribution in [-0.2, 0) is 9.59 Å². The number of hydrogen-bond donors (Lipinski definition) is 1. The highest BCUT2D eigenvalue weighted by Gasteiger charge is 2.53. The number of aliphatic carboxylic acids is 1. The van der Waals surface area contributed by atoms with Gasteiger partial charge in [-0.15, -0.1) is 0 Å². The topological polar surface area (TPSA) is 57.6 Å². The molecule has 0 bridgehead atoms. The van der Waals surface area contributed by atoms with Gasteiger partial charge in [-0.25, -0.2) is 0 Å². The molecule has 0 aromatic rings. The highest BCUT2D eigenvalue weighted by molar-refractivity contribution is 5.85. The Kier molecular flexibility index (Phi) is 3.61. The van der Waals surface area contributed by atoms with Gasteiger partial charge >= 0.3 is 5.97 Å². The van der Waals surface area contributed by atoms with E-state index in [1.165, 1.54) is 0 Å². The molecule has 4 nitrogen and oxygen atoms in total. The minimum absolute atomic E-state index is 0.107. The summed E-state index contributed by atoms with van der Waals surface area (Å²) in [5.41, 5.74) is -0.201. The molecule has 0 aliphatic heterocycles. The molecule has 0 radical (unpaired) electrons. The van der Waals surface area contributed by atoms with Crippen LogP contribution in [0.2, 0.25) is 0 Å². The Balaban J connectivity index is 2.58. The smallest absolute Gasteiger partial charge is 0.308 e. The van der Waals surface area contributed by atoms with Crippen LogP contribution in [0.3, 0.4) is 0 Å². The zero-order valence-electron chi connectivity index (χ0n) is 10.5. The van der Waals surface area contributed by atoms with Crippen molar-refractivity contribution < 1.29 is 14.7 Å². The number of amides is 1. The third-order valence-corrected chi connectivity index (χ3v) is 3.64. The molecule has 0 spiro atoms. The van der Waals surface area contributed by atoms with Gasteiger partial charge in [0, 0.05) is 13.6 Å². The summed E-state index contributed by atoms with van der Waals surface area (Å²) < 4.78 is 0. The first-order valence-corrected chi connectivity index (χ1v) is 5.79. The first-order valence-electron chi connectivity index (χ1n) is 5.79. The minimum Gasteiger partial charge on any atom is -0.481 e. The van der Waals surface area contributed by atoms with Gasteiger partial charge in [0.1, 0.15) is 0 Å². The van der Waals surface area contributed by atoms with E-state index < -0.39 is 11.9 Å². The van der Waals surface area contributed by atoms with Gasteiger partial charge in [-0.3, -0.25) is 9.59 Å². The first kappa shape index (κ1) is 13.0. The molecule has 1 rings (SSSR count). The van der Waals surface area contributed by atoms with Crippen LogP contribution in [0.5, 0.6) is 0 Å². The van der Waals surface area contributed by atoms with E-state index in [9.17, 15) is 9.59 Å². The van der Waals surface area contributed by atoms with Gasteiger partial charge in [-0.1, -0.05) is 20.8 Å². The molecule has 1 aliphatic carbocycles. The molecule has 0 aromatic heterocycles. The predicted octanol–water partition coefficient (Wildman–Crippen LogP) is 1.60.